The number of carbonyl (C=O) groups is 7. The van der Waals surface area contributed by atoms with Crippen LogP contribution in [-0.4, -0.2) is 110 Å². The molecule has 0 unspecified atom stereocenters. The summed E-state index contributed by atoms with van der Waals surface area (Å²) in [6.07, 6.45) is -0.797. The summed E-state index contributed by atoms with van der Waals surface area (Å²) < 4.78 is 45.7. The SMILES string of the molecule is Cc1cc(C)c(S(=O)(=O)NC(N)=NCCC[C@H](NC(=O)[C@H](CC(C)C)NC(=O)[C@@H](CCCCNC(=O)OCc2ccccc2)NC(=O)[C@@H](CC(C)C)NC(=O)OC(C)(C)C)C(=O)N[C@@H](Cc2ccc(O)cc2)C(=O)OCc2ccccc2)c(C)c1. The van der Waals surface area contributed by atoms with E-state index in [1.807, 2.05) is 65.0 Å². The summed E-state index contributed by atoms with van der Waals surface area (Å²) in [4.78, 5) is 102. The molecule has 4 rings (SSSR count). The maximum Gasteiger partial charge on any atom is 0.408 e. The number of ether oxygens (including phenoxy) is 3. The monoisotopic (exact) mass is 1200 g/mol. The standard InChI is InChI=1S/C62H87N9O13S/c1-39(2)32-50(68-54(73)48(24-17-18-30-65-60(78)83-38-46-22-15-12-16-23-46)66-57(76)51(33-40(3)4)70-61(79)84-62(8,9)10)56(75)67-49(25-19-31-64-59(63)71-85(80,81)53-42(6)34-41(5)35-43(53)7)55(74)69-52(36-44-26-28-47(72)29-27-44)58(77)82-37-45-20-13-11-14-21-45/h11-16,20-23,26-29,34-35,39-40,48-52,72H,17-19,24-25,30-33,36-38H2,1-10H3,(H,65,78)(H,66,76)(H,67,75)(H,68,73)(H,69,74)(H,70,79)(H3,63,64,71)/t48-,49+,50+,51-,52+/m1/s1. The molecule has 0 saturated carbocycles. The zero-order valence-electron chi connectivity index (χ0n) is 50.5. The smallest absolute Gasteiger partial charge is 0.408 e. The molecule has 0 bridgehead atoms. The average Bonchev–Trinajstić information content (AvgIpc) is 3.18. The Bertz CT molecular complexity index is 2970. The molecule has 6 amide bonds. The van der Waals surface area contributed by atoms with E-state index in [9.17, 15) is 47.1 Å². The summed E-state index contributed by atoms with van der Waals surface area (Å²) in [6.45, 7) is 17.5. The van der Waals surface area contributed by atoms with Gasteiger partial charge >= 0.3 is 18.2 Å². The lowest BCUT2D eigenvalue weighted by atomic mass is 10.00. The topological polar surface area (TPSA) is 324 Å². The number of phenols is 1. The van der Waals surface area contributed by atoms with E-state index >= 15 is 0 Å². The normalized spacial score (nSPS) is 13.5. The molecule has 0 spiro atoms. The number of amides is 6. The number of unbranched alkanes of at least 4 members (excludes halogenated alkanes) is 1. The average molecular weight is 1200 g/mol. The number of nitrogens with zero attached hydrogens (tertiary/aromatic N) is 1. The number of rotatable bonds is 31. The largest absolute Gasteiger partial charge is 0.508 e. The van der Waals surface area contributed by atoms with Crippen LogP contribution in [0.25, 0.3) is 0 Å². The van der Waals surface area contributed by atoms with E-state index in [1.54, 1.807) is 89.2 Å². The van der Waals surface area contributed by atoms with Crippen LogP contribution in [-0.2, 0) is 67.8 Å². The summed E-state index contributed by atoms with van der Waals surface area (Å²) in [6, 6.07) is 21.1. The molecule has 23 heteroatoms. The molecular formula is C62H87N9O13S. The molecular weight excluding hydrogens is 1110 g/mol. The number of hydrogen-bond donors (Lipinski definition) is 9. The molecule has 22 nitrogen and oxygen atoms in total. The molecule has 0 aliphatic rings. The number of benzene rings is 4. The maximum atomic E-state index is 14.7. The Morgan fingerprint density at radius 1 is 0.588 bits per heavy atom. The fraction of sp³-hybridized carbons (Fsp3) is 0.484. The van der Waals surface area contributed by atoms with Crippen LogP contribution in [0.4, 0.5) is 9.59 Å². The summed E-state index contributed by atoms with van der Waals surface area (Å²) in [5.41, 5.74) is 9.17. The van der Waals surface area contributed by atoms with Gasteiger partial charge in [0.15, 0.2) is 0 Å². The number of hydrogen-bond acceptors (Lipinski definition) is 14. The Hall–Kier alpha value is -8.21. The highest BCUT2D eigenvalue weighted by Crippen LogP contribution is 2.22. The second kappa shape index (κ2) is 33.9. The molecule has 4 aromatic rings. The van der Waals surface area contributed by atoms with Gasteiger partial charge in [0.1, 0.15) is 54.8 Å². The molecule has 464 valence electrons. The van der Waals surface area contributed by atoms with Crippen molar-refractivity contribution in [1.29, 1.82) is 0 Å². The molecule has 85 heavy (non-hydrogen) atoms. The number of aryl methyl sites for hydroxylation is 3. The molecule has 0 aliphatic heterocycles. The quantitative estimate of drug-likeness (QED) is 0.00833. The van der Waals surface area contributed by atoms with E-state index < -0.39 is 93.6 Å². The summed E-state index contributed by atoms with van der Waals surface area (Å²) in [7, 11) is -4.16. The summed E-state index contributed by atoms with van der Waals surface area (Å²) in [5, 5.41) is 26.4. The van der Waals surface area contributed by atoms with Gasteiger partial charge in [-0.1, -0.05) is 118 Å². The Morgan fingerprint density at radius 2 is 1.06 bits per heavy atom. The second-order valence-corrected chi connectivity index (χ2v) is 24.5. The molecule has 0 fully saturated rings. The lowest BCUT2D eigenvalue weighted by Crippen LogP contribution is -2.59. The minimum Gasteiger partial charge on any atom is -0.508 e. The first-order chi connectivity index (χ1) is 40.1. The van der Waals surface area contributed by atoms with E-state index in [0.717, 1.165) is 11.1 Å². The predicted octanol–water partition coefficient (Wildman–Crippen LogP) is 6.70. The van der Waals surface area contributed by atoms with Crippen LogP contribution in [0.15, 0.2) is 107 Å². The van der Waals surface area contributed by atoms with E-state index in [1.165, 1.54) is 12.1 Å². The number of sulfonamides is 1. The van der Waals surface area contributed by atoms with E-state index in [0.29, 0.717) is 28.7 Å². The van der Waals surface area contributed by atoms with Crippen LogP contribution in [0, 0.1) is 32.6 Å². The minimum atomic E-state index is -4.16. The van der Waals surface area contributed by atoms with E-state index in [2.05, 4.69) is 41.6 Å². The van der Waals surface area contributed by atoms with Crippen LogP contribution < -0.4 is 42.4 Å². The van der Waals surface area contributed by atoms with Crippen LogP contribution in [0.5, 0.6) is 5.75 Å². The first-order valence-corrected chi connectivity index (χ1v) is 30.1. The Kier molecular flexibility index (Phi) is 27.7. The lowest BCUT2D eigenvalue weighted by molar-refractivity contribution is -0.149. The van der Waals surface area contributed by atoms with Crippen molar-refractivity contribution in [3.05, 3.63) is 130 Å². The predicted molar refractivity (Wildman–Crippen MR) is 323 cm³/mol. The van der Waals surface area contributed by atoms with Crippen molar-refractivity contribution in [2.24, 2.45) is 22.6 Å². The number of aromatic hydroxyl groups is 1. The van der Waals surface area contributed by atoms with Gasteiger partial charge in [-0.05, 0) is 138 Å². The zero-order valence-corrected chi connectivity index (χ0v) is 51.4. The number of phenolic OH excluding ortho intramolecular Hbond substituents is 1. The van der Waals surface area contributed by atoms with Crippen molar-refractivity contribution >= 4 is 57.8 Å². The van der Waals surface area contributed by atoms with Gasteiger partial charge in [0.05, 0.1) is 4.90 Å². The van der Waals surface area contributed by atoms with Crippen molar-refractivity contribution in [3.63, 3.8) is 0 Å². The van der Waals surface area contributed by atoms with Gasteiger partial charge in [0.2, 0.25) is 29.6 Å². The molecule has 0 aromatic heterocycles. The first-order valence-electron chi connectivity index (χ1n) is 28.6. The summed E-state index contributed by atoms with van der Waals surface area (Å²) >= 11 is 0. The van der Waals surface area contributed by atoms with Crippen molar-refractivity contribution in [2.75, 3.05) is 13.1 Å². The van der Waals surface area contributed by atoms with Gasteiger partial charge in [0, 0.05) is 19.5 Å². The molecule has 0 heterocycles. The number of esters is 1. The van der Waals surface area contributed by atoms with E-state index in [-0.39, 0.29) is 93.7 Å². The van der Waals surface area contributed by atoms with E-state index in [4.69, 9.17) is 19.9 Å². The van der Waals surface area contributed by atoms with Crippen molar-refractivity contribution in [1.82, 2.24) is 36.6 Å². The van der Waals surface area contributed by atoms with Gasteiger partial charge in [-0.3, -0.25) is 24.2 Å². The lowest BCUT2D eigenvalue weighted by Gasteiger charge is -2.28. The third kappa shape index (κ3) is 25.7. The summed E-state index contributed by atoms with van der Waals surface area (Å²) in [5.74, 6) is -4.62. The molecule has 0 saturated heterocycles. The number of guanidine groups is 1. The third-order valence-corrected chi connectivity index (χ3v) is 14.6. The molecule has 4 aromatic carbocycles. The van der Waals surface area contributed by atoms with Crippen molar-refractivity contribution in [3.8, 4) is 5.75 Å². The third-order valence-electron chi connectivity index (χ3n) is 13.0. The Balaban J connectivity index is 1.63. The number of aliphatic imine (C=N–C) groups is 1. The molecule has 10 N–H and O–H groups in total. The minimum absolute atomic E-state index is 0.0209. The number of carbonyl (C=O) groups excluding carboxylic acids is 7. The fourth-order valence-corrected chi connectivity index (χ4v) is 10.5. The molecule has 5 atom stereocenters. The van der Waals surface area contributed by atoms with Gasteiger partial charge < -0.3 is 57.0 Å². The first kappa shape index (κ1) is 69.3. The Labute approximate surface area is 500 Å². The van der Waals surface area contributed by atoms with Gasteiger partial charge in [0.25, 0.3) is 10.0 Å². The van der Waals surface area contributed by atoms with Crippen LogP contribution in [0.1, 0.15) is 127 Å². The van der Waals surface area contributed by atoms with Crippen molar-refractivity contribution < 1.29 is 61.3 Å². The van der Waals surface area contributed by atoms with Crippen LogP contribution in [0.3, 0.4) is 0 Å². The van der Waals surface area contributed by atoms with Gasteiger partial charge in [-0.25, -0.2) is 27.5 Å². The highest BCUT2D eigenvalue weighted by molar-refractivity contribution is 7.90. The zero-order chi connectivity index (χ0) is 62.9. The highest BCUT2D eigenvalue weighted by Gasteiger charge is 2.34. The fourth-order valence-electron chi connectivity index (χ4n) is 9.12. The van der Waals surface area contributed by atoms with Gasteiger partial charge in [-0.15, -0.1) is 0 Å². The number of nitrogens with two attached hydrogens (primary N) is 1. The Morgan fingerprint density at radius 3 is 1.58 bits per heavy atom. The number of nitrogens with one attached hydrogen (secondary N) is 7. The molecule has 0 aliphatic carbocycles. The van der Waals surface area contributed by atoms with Gasteiger partial charge in [-0.2, -0.15) is 0 Å². The maximum absolute atomic E-state index is 14.7. The van der Waals surface area contributed by atoms with Crippen molar-refractivity contribution in [2.45, 2.75) is 175 Å². The highest BCUT2D eigenvalue weighted by atomic mass is 32.2. The second-order valence-electron chi connectivity index (χ2n) is 22.9. The number of alkyl carbamates (subject to hydrolysis) is 2. The molecule has 0 radical (unpaired) electrons. The van der Waals surface area contributed by atoms with Crippen LogP contribution >= 0.6 is 0 Å². The van der Waals surface area contributed by atoms with Crippen LogP contribution in [0.2, 0.25) is 0 Å².